The number of anilines is 1. The molecule has 0 atom stereocenters. The molecule has 72 valence electrons. The smallest absolute Gasteiger partial charge is 0.154 e. The van der Waals surface area contributed by atoms with E-state index < -0.39 is 0 Å². The van der Waals surface area contributed by atoms with Gasteiger partial charge in [0.1, 0.15) is 0 Å². The fourth-order valence-corrected chi connectivity index (χ4v) is 2.96. The zero-order valence-corrected chi connectivity index (χ0v) is 9.36. The van der Waals surface area contributed by atoms with Crippen molar-refractivity contribution in [1.82, 2.24) is 4.98 Å². The van der Waals surface area contributed by atoms with Crippen LogP contribution in [0.3, 0.4) is 0 Å². The van der Waals surface area contributed by atoms with Crippen molar-refractivity contribution >= 4 is 28.8 Å². The molecular formula is C10H10N2S2. The molecule has 0 saturated carbocycles. The van der Waals surface area contributed by atoms with E-state index >= 15 is 0 Å². The number of aromatic nitrogens is 1. The number of nitrogen functional groups attached to an aromatic ring is 1. The fraction of sp³-hybridized carbons (Fsp3) is 0.100. The lowest BCUT2D eigenvalue weighted by atomic mass is 10.2. The van der Waals surface area contributed by atoms with E-state index in [0.29, 0.717) is 0 Å². The van der Waals surface area contributed by atoms with Gasteiger partial charge in [0.25, 0.3) is 0 Å². The van der Waals surface area contributed by atoms with Crippen LogP contribution in [0.15, 0.2) is 39.0 Å². The van der Waals surface area contributed by atoms with Gasteiger partial charge in [-0.2, -0.15) is 0 Å². The predicted molar refractivity (Wildman–Crippen MR) is 61.8 cm³/mol. The lowest BCUT2D eigenvalue weighted by Gasteiger charge is -2.01. The van der Waals surface area contributed by atoms with Crippen LogP contribution in [-0.2, 0) is 0 Å². The first-order chi connectivity index (χ1) is 6.74. The molecule has 2 nitrogen and oxygen atoms in total. The van der Waals surface area contributed by atoms with E-state index in [-0.39, 0.29) is 0 Å². The molecule has 0 amide bonds. The number of rotatable bonds is 2. The van der Waals surface area contributed by atoms with Gasteiger partial charge < -0.3 is 5.73 Å². The van der Waals surface area contributed by atoms with Gasteiger partial charge in [-0.15, -0.1) is 11.3 Å². The first-order valence-electron chi connectivity index (χ1n) is 4.18. The highest BCUT2D eigenvalue weighted by Gasteiger charge is 2.01. The van der Waals surface area contributed by atoms with Crippen molar-refractivity contribution in [2.24, 2.45) is 0 Å². The molecule has 1 heterocycles. The SMILES string of the molecule is Cc1cc(N)cc(Sc2nccs2)c1. The summed E-state index contributed by atoms with van der Waals surface area (Å²) in [5.74, 6) is 0. The highest BCUT2D eigenvalue weighted by molar-refractivity contribution is 8.01. The third-order valence-electron chi connectivity index (χ3n) is 1.69. The van der Waals surface area contributed by atoms with Crippen LogP contribution in [0.5, 0.6) is 0 Å². The van der Waals surface area contributed by atoms with Gasteiger partial charge in [-0.1, -0.05) is 11.8 Å². The summed E-state index contributed by atoms with van der Waals surface area (Å²) in [6, 6.07) is 6.05. The summed E-state index contributed by atoms with van der Waals surface area (Å²) in [6.07, 6.45) is 1.81. The van der Waals surface area contributed by atoms with Crippen LogP contribution < -0.4 is 5.73 Å². The number of thiazole rings is 1. The molecule has 0 radical (unpaired) electrons. The van der Waals surface area contributed by atoms with Gasteiger partial charge in [0.2, 0.25) is 0 Å². The van der Waals surface area contributed by atoms with E-state index in [1.807, 2.05) is 30.6 Å². The molecule has 2 rings (SSSR count). The maximum Gasteiger partial charge on any atom is 0.154 e. The quantitative estimate of drug-likeness (QED) is 0.793. The molecule has 0 saturated heterocycles. The van der Waals surface area contributed by atoms with Gasteiger partial charge in [-0.25, -0.2) is 4.98 Å². The maximum absolute atomic E-state index is 5.76. The van der Waals surface area contributed by atoms with Crippen molar-refractivity contribution in [1.29, 1.82) is 0 Å². The summed E-state index contributed by atoms with van der Waals surface area (Å²) in [7, 11) is 0. The Balaban J connectivity index is 2.25. The largest absolute Gasteiger partial charge is 0.399 e. The first kappa shape index (κ1) is 9.55. The highest BCUT2D eigenvalue weighted by Crippen LogP contribution is 2.30. The minimum Gasteiger partial charge on any atom is -0.399 e. The summed E-state index contributed by atoms with van der Waals surface area (Å²) in [6.45, 7) is 2.04. The molecule has 0 unspecified atom stereocenters. The lowest BCUT2D eigenvalue weighted by molar-refractivity contribution is 1.24. The molecular weight excluding hydrogens is 212 g/mol. The van der Waals surface area contributed by atoms with Crippen LogP contribution in [0, 0.1) is 6.92 Å². The highest BCUT2D eigenvalue weighted by atomic mass is 32.2. The van der Waals surface area contributed by atoms with E-state index in [0.717, 1.165) is 14.9 Å². The first-order valence-corrected chi connectivity index (χ1v) is 5.88. The molecule has 0 aliphatic heterocycles. The van der Waals surface area contributed by atoms with Crippen molar-refractivity contribution in [3.05, 3.63) is 35.3 Å². The van der Waals surface area contributed by atoms with Crippen LogP contribution >= 0.6 is 23.1 Å². The Bertz CT molecular complexity index is 403. The molecule has 2 aromatic rings. The van der Waals surface area contributed by atoms with Crippen LogP contribution in [0.4, 0.5) is 5.69 Å². The van der Waals surface area contributed by atoms with Crippen LogP contribution in [-0.4, -0.2) is 4.98 Å². The summed E-state index contributed by atoms with van der Waals surface area (Å²) in [5.41, 5.74) is 7.75. The summed E-state index contributed by atoms with van der Waals surface area (Å²) in [4.78, 5) is 5.36. The number of nitrogens with two attached hydrogens (primary N) is 1. The molecule has 1 aromatic heterocycles. The van der Waals surface area contributed by atoms with Crippen molar-refractivity contribution in [2.75, 3.05) is 5.73 Å². The number of nitrogens with zero attached hydrogens (tertiary/aromatic N) is 1. The lowest BCUT2D eigenvalue weighted by Crippen LogP contribution is -1.86. The van der Waals surface area contributed by atoms with Gasteiger partial charge in [0.05, 0.1) is 0 Å². The van der Waals surface area contributed by atoms with Crippen molar-refractivity contribution in [2.45, 2.75) is 16.2 Å². The van der Waals surface area contributed by atoms with E-state index in [1.54, 1.807) is 23.1 Å². The standard InChI is InChI=1S/C10H10N2S2/c1-7-4-8(11)6-9(5-7)14-10-12-2-3-13-10/h2-6H,11H2,1H3. The Hall–Kier alpha value is -1.00. The van der Waals surface area contributed by atoms with Gasteiger partial charge in [0, 0.05) is 22.2 Å². The Kier molecular flexibility index (Phi) is 2.74. The molecule has 1 aromatic carbocycles. The van der Waals surface area contributed by atoms with Gasteiger partial charge >= 0.3 is 0 Å². The second kappa shape index (κ2) is 4.02. The van der Waals surface area contributed by atoms with Crippen molar-refractivity contribution in [3.63, 3.8) is 0 Å². The Morgan fingerprint density at radius 3 is 2.86 bits per heavy atom. The number of benzene rings is 1. The van der Waals surface area contributed by atoms with Gasteiger partial charge in [0.15, 0.2) is 4.34 Å². The summed E-state index contributed by atoms with van der Waals surface area (Å²) in [5, 5.41) is 1.97. The monoisotopic (exact) mass is 222 g/mol. The topological polar surface area (TPSA) is 38.9 Å². The molecule has 0 aliphatic rings. The van der Waals surface area contributed by atoms with Crippen LogP contribution in [0.2, 0.25) is 0 Å². The molecule has 0 fully saturated rings. The average molecular weight is 222 g/mol. The van der Waals surface area contributed by atoms with Crippen LogP contribution in [0.25, 0.3) is 0 Å². The van der Waals surface area contributed by atoms with E-state index in [1.165, 1.54) is 5.56 Å². The van der Waals surface area contributed by atoms with E-state index in [2.05, 4.69) is 11.1 Å². The molecule has 2 N–H and O–H groups in total. The minimum atomic E-state index is 0.809. The van der Waals surface area contributed by atoms with Crippen molar-refractivity contribution in [3.8, 4) is 0 Å². The van der Waals surface area contributed by atoms with Crippen molar-refractivity contribution < 1.29 is 0 Å². The van der Waals surface area contributed by atoms with E-state index in [9.17, 15) is 0 Å². The third kappa shape index (κ3) is 2.27. The zero-order valence-electron chi connectivity index (χ0n) is 7.73. The summed E-state index contributed by atoms with van der Waals surface area (Å²) >= 11 is 3.29. The average Bonchev–Trinajstić information content (AvgIpc) is 2.54. The predicted octanol–water partition coefficient (Wildman–Crippen LogP) is 3.18. The normalized spacial score (nSPS) is 10.4. The number of hydrogen-bond acceptors (Lipinski definition) is 4. The van der Waals surface area contributed by atoms with Crippen LogP contribution in [0.1, 0.15) is 5.56 Å². The third-order valence-corrected chi connectivity index (χ3v) is 3.54. The van der Waals surface area contributed by atoms with E-state index in [4.69, 9.17) is 5.73 Å². The molecule has 14 heavy (non-hydrogen) atoms. The molecule has 0 bridgehead atoms. The second-order valence-electron chi connectivity index (χ2n) is 2.98. The Morgan fingerprint density at radius 1 is 1.36 bits per heavy atom. The Morgan fingerprint density at radius 2 is 2.21 bits per heavy atom. The molecule has 0 spiro atoms. The molecule has 0 aliphatic carbocycles. The molecule has 4 heteroatoms. The zero-order chi connectivity index (χ0) is 9.97. The summed E-state index contributed by atoms with van der Waals surface area (Å²) < 4.78 is 1.05. The van der Waals surface area contributed by atoms with Gasteiger partial charge in [-0.3, -0.25) is 0 Å². The fourth-order valence-electron chi connectivity index (χ4n) is 1.20. The Labute approximate surface area is 91.2 Å². The number of aryl methyl sites for hydroxylation is 1. The number of hydrogen-bond donors (Lipinski definition) is 1. The maximum atomic E-state index is 5.76. The minimum absolute atomic E-state index is 0.809. The van der Waals surface area contributed by atoms with Gasteiger partial charge in [-0.05, 0) is 30.7 Å². The second-order valence-corrected chi connectivity index (χ2v) is 5.19.